The Morgan fingerprint density at radius 3 is 2.75 bits per heavy atom. The summed E-state index contributed by atoms with van der Waals surface area (Å²) in [5.74, 6) is 0.174. The molecule has 2 atom stereocenters. The van der Waals surface area contributed by atoms with Gasteiger partial charge in [0.15, 0.2) is 6.10 Å². The minimum Gasteiger partial charge on any atom is -0.471 e. The SMILES string of the molecule is Cc1ccc(OC2CCCN(C(=O)C(O)c3ccccc3)C2)nn1. The largest absolute Gasteiger partial charge is 0.471 e. The molecule has 0 radical (unpaired) electrons. The van der Waals surface area contributed by atoms with Gasteiger partial charge in [0.1, 0.15) is 6.10 Å². The average Bonchev–Trinajstić information content (AvgIpc) is 2.63. The molecule has 1 amide bonds. The molecule has 1 fully saturated rings. The summed E-state index contributed by atoms with van der Waals surface area (Å²) in [5.41, 5.74) is 1.43. The van der Waals surface area contributed by atoms with Gasteiger partial charge in [-0.25, -0.2) is 0 Å². The van der Waals surface area contributed by atoms with Crippen molar-refractivity contribution >= 4 is 5.91 Å². The molecule has 0 bridgehead atoms. The number of carbonyl (C=O) groups excluding carboxylic acids is 1. The van der Waals surface area contributed by atoms with Crippen molar-refractivity contribution < 1.29 is 14.6 Å². The summed E-state index contributed by atoms with van der Waals surface area (Å²) in [4.78, 5) is 14.2. The quantitative estimate of drug-likeness (QED) is 0.928. The molecule has 2 aromatic rings. The number of aliphatic hydroxyl groups is 1. The lowest BCUT2D eigenvalue weighted by molar-refractivity contribution is -0.143. The van der Waals surface area contributed by atoms with Gasteiger partial charge in [0.05, 0.1) is 12.2 Å². The Morgan fingerprint density at radius 1 is 1.25 bits per heavy atom. The number of hydrogen-bond acceptors (Lipinski definition) is 5. The van der Waals surface area contributed by atoms with Crippen LogP contribution in [0.1, 0.15) is 30.2 Å². The number of aromatic nitrogens is 2. The molecule has 2 unspecified atom stereocenters. The fourth-order valence-corrected chi connectivity index (χ4v) is 2.81. The predicted molar refractivity (Wildman–Crippen MR) is 88.4 cm³/mol. The molecule has 2 heterocycles. The number of likely N-dealkylation sites (tertiary alicyclic amines) is 1. The van der Waals surface area contributed by atoms with Crippen LogP contribution in [0, 0.1) is 6.92 Å². The van der Waals surface area contributed by atoms with E-state index in [1.54, 1.807) is 23.1 Å². The Hall–Kier alpha value is -2.47. The highest BCUT2D eigenvalue weighted by Gasteiger charge is 2.29. The minimum atomic E-state index is -1.14. The highest BCUT2D eigenvalue weighted by Crippen LogP contribution is 2.21. The molecule has 6 heteroatoms. The van der Waals surface area contributed by atoms with Gasteiger partial charge < -0.3 is 14.7 Å². The summed E-state index contributed by atoms with van der Waals surface area (Å²) in [6, 6.07) is 12.6. The Kier molecular flexibility index (Phi) is 5.05. The molecule has 0 saturated carbocycles. The van der Waals surface area contributed by atoms with Crippen LogP contribution >= 0.6 is 0 Å². The lowest BCUT2D eigenvalue weighted by atomic mass is 10.0. The van der Waals surface area contributed by atoms with E-state index in [2.05, 4.69) is 10.2 Å². The summed E-state index contributed by atoms with van der Waals surface area (Å²) in [5, 5.41) is 18.3. The van der Waals surface area contributed by atoms with Crippen LogP contribution in [0.5, 0.6) is 5.88 Å². The monoisotopic (exact) mass is 327 g/mol. The van der Waals surface area contributed by atoms with Crippen LogP contribution in [0.25, 0.3) is 0 Å². The molecule has 0 aliphatic carbocycles. The number of aryl methyl sites for hydroxylation is 1. The van der Waals surface area contributed by atoms with E-state index in [1.165, 1.54) is 0 Å². The van der Waals surface area contributed by atoms with E-state index in [4.69, 9.17) is 4.74 Å². The summed E-state index contributed by atoms with van der Waals surface area (Å²) < 4.78 is 5.83. The zero-order chi connectivity index (χ0) is 16.9. The van der Waals surface area contributed by atoms with E-state index in [0.29, 0.717) is 24.5 Å². The average molecular weight is 327 g/mol. The van der Waals surface area contributed by atoms with Crippen LogP contribution in [0.4, 0.5) is 0 Å². The van der Waals surface area contributed by atoms with Gasteiger partial charge in [-0.2, -0.15) is 5.10 Å². The molecular weight excluding hydrogens is 306 g/mol. The number of hydrogen-bond donors (Lipinski definition) is 1. The van der Waals surface area contributed by atoms with Crippen molar-refractivity contribution in [1.29, 1.82) is 0 Å². The normalized spacial score (nSPS) is 18.9. The zero-order valence-corrected chi connectivity index (χ0v) is 13.6. The van der Waals surface area contributed by atoms with Crippen molar-refractivity contribution in [2.24, 2.45) is 0 Å². The first-order chi connectivity index (χ1) is 11.6. The predicted octanol–water partition coefficient (Wildman–Crippen LogP) is 1.89. The van der Waals surface area contributed by atoms with E-state index in [9.17, 15) is 9.90 Å². The van der Waals surface area contributed by atoms with Crippen molar-refractivity contribution in [3.8, 4) is 5.88 Å². The smallest absolute Gasteiger partial charge is 0.256 e. The van der Waals surface area contributed by atoms with Crippen LogP contribution in [0.15, 0.2) is 42.5 Å². The highest BCUT2D eigenvalue weighted by atomic mass is 16.5. The van der Waals surface area contributed by atoms with Gasteiger partial charge in [0.2, 0.25) is 5.88 Å². The second-order valence-electron chi connectivity index (χ2n) is 5.99. The summed E-state index contributed by atoms with van der Waals surface area (Å²) in [6.07, 6.45) is 0.407. The first-order valence-corrected chi connectivity index (χ1v) is 8.12. The number of nitrogens with zero attached hydrogens (tertiary/aromatic N) is 3. The van der Waals surface area contributed by atoms with Crippen molar-refractivity contribution in [3.05, 3.63) is 53.7 Å². The topological polar surface area (TPSA) is 75.5 Å². The van der Waals surface area contributed by atoms with Gasteiger partial charge >= 0.3 is 0 Å². The number of aliphatic hydroxyl groups excluding tert-OH is 1. The third-order valence-corrected chi connectivity index (χ3v) is 4.10. The fraction of sp³-hybridized carbons (Fsp3) is 0.389. The van der Waals surface area contributed by atoms with Crippen LogP contribution in [-0.4, -0.2) is 45.3 Å². The van der Waals surface area contributed by atoms with Crippen LogP contribution < -0.4 is 4.74 Å². The summed E-state index contributed by atoms with van der Waals surface area (Å²) in [7, 11) is 0. The Labute approximate surface area is 141 Å². The van der Waals surface area contributed by atoms with E-state index in [1.807, 2.05) is 31.2 Å². The molecule has 1 aliphatic rings. The van der Waals surface area contributed by atoms with Crippen LogP contribution in [0.3, 0.4) is 0 Å². The maximum Gasteiger partial charge on any atom is 0.256 e. The molecule has 1 N–H and O–H groups in total. The molecule has 1 saturated heterocycles. The number of rotatable bonds is 4. The standard InChI is InChI=1S/C18H21N3O3/c1-13-9-10-16(20-19-13)24-15-8-5-11-21(12-15)18(23)17(22)14-6-3-2-4-7-14/h2-4,6-7,9-10,15,17,22H,5,8,11-12H2,1H3. The third kappa shape index (κ3) is 3.89. The maximum atomic E-state index is 12.5. The molecule has 1 aromatic carbocycles. The van der Waals surface area contributed by atoms with Gasteiger partial charge in [-0.1, -0.05) is 30.3 Å². The van der Waals surface area contributed by atoms with E-state index >= 15 is 0 Å². The number of carbonyl (C=O) groups is 1. The second kappa shape index (κ2) is 7.40. The van der Waals surface area contributed by atoms with Crippen molar-refractivity contribution in [1.82, 2.24) is 15.1 Å². The van der Waals surface area contributed by atoms with Gasteiger partial charge in [-0.05, 0) is 31.4 Å². The van der Waals surface area contributed by atoms with Gasteiger partial charge in [0.25, 0.3) is 5.91 Å². The van der Waals surface area contributed by atoms with Crippen molar-refractivity contribution in [2.75, 3.05) is 13.1 Å². The molecule has 24 heavy (non-hydrogen) atoms. The molecule has 3 rings (SSSR count). The fourth-order valence-electron chi connectivity index (χ4n) is 2.81. The van der Waals surface area contributed by atoms with Crippen LogP contribution in [0.2, 0.25) is 0 Å². The number of ether oxygens (including phenoxy) is 1. The molecule has 126 valence electrons. The maximum absolute atomic E-state index is 12.5. The van der Waals surface area contributed by atoms with Crippen LogP contribution in [-0.2, 0) is 4.79 Å². The lowest BCUT2D eigenvalue weighted by Gasteiger charge is -2.33. The van der Waals surface area contributed by atoms with Gasteiger partial charge in [0, 0.05) is 12.6 Å². The molecule has 0 spiro atoms. The number of amides is 1. The Balaban J connectivity index is 1.62. The minimum absolute atomic E-state index is 0.136. The Morgan fingerprint density at radius 2 is 2.04 bits per heavy atom. The molecular formula is C18H21N3O3. The van der Waals surface area contributed by atoms with E-state index in [0.717, 1.165) is 18.5 Å². The van der Waals surface area contributed by atoms with Crippen molar-refractivity contribution in [2.45, 2.75) is 32.0 Å². The van der Waals surface area contributed by atoms with Crippen molar-refractivity contribution in [3.63, 3.8) is 0 Å². The van der Waals surface area contributed by atoms with Gasteiger partial charge in [-0.3, -0.25) is 4.79 Å². The lowest BCUT2D eigenvalue weighted by Crippen LogP contribution is -2.46. The van der Waals surface area contributed by atoms with E-state index in [-0.39, 0.29) is 12.0 Å². The number of benzene rings is 1. The first kappa shape index (κ1) is 16.4. The second-order valence-corrected chi connectivity index (χ2v) is 5.99. The summed E-state index contributed by atoms with van der Waals surface area (Å²) >= 11 is 0. The Bertz CT molecular complexity index is 676. The third-order valence-electron chi connectivity index (χ3n) is 4.10. The van der Waals surface area contributed by atoms with Gasteiger partial charge in [-0.15, -0.1) is 5.10 Å². The molecule has 1 aromatic heterocycles. The molecule has 6 nitrogen and oxygen atoms in total. The number of piperidine rings is 1. The first-order valence-electron chi connectivity index (χ1n) is 8.12. The highest BCUT2D eigenvalue weighted by molar-refractivity contribution is 5.82. The summed E-state index contributed by atoms with van der Waals surface area (Å²) in [6.45, 7) is 2.93. The zero-order valence-electron chi connectivity index (χ0n) is 13.6. The molecule has 1 aliphatic heterocycles. The van der Waals surface area contributed by atoms with E-state index < -0.39 is 6.10 Å².